The van der Waals surface area contributed by atoms with E-state index in [-0.39, 0.29) is 0 Å². The van der Waals surface area contributed by atoms with E-state index >= 15 is 0 Å². The van der Waals surface area contributed by atoms with E-state index in [2.05, 4.69) is 43.4 Å². The van der Waals surface area contributed by atoms with Gasteiger partial charge in [0.05, 0.1) is 6.61 Å². The number of rotatable bonds is 6. The Morgan fingerprint density at radius 2 is 1.93 bits per heavy atom. The lowest BCUT2D eigenvalue weighted by atomic mass is 10.1. The first kappa shape index (κ1) is 12.2. The Kier molecular flexibility index (Phi) is 5.37. The minimum Gasteiger partial charge on any atom is -0.383 e. The predicted octanol–water partition coefficient (Wildman–Crippen LogP) is 2.16. The quantitative estimate of drug-likeness (QED) is 0.772. The van der Waals surface area contributed by atoms with E-state index in [1.807, 2.05) is 0 Å². The Morgan fingerprint density at radius 1 is 1.27 bits per heavy atom. The van der Waals surface area contributed by atoms with Crippen molar-refractivity contribution < 1.29 is 4.74 Å². The molecule has 0 fully saturated rings. The zero-order valence-electron chi connectivity index (χ0n) is 9.92. The van der Waals surface area contributed by atoms with E-state index < -0.39 is 0 Å². The second-order valence-corrected chi connectivity index (χ2v) is 4.05. The van der Waals surface area contributed by atoms with Crippen molar-refractivity contribution in [2.45, 2.75) is 26.3 Å². The fourth-order valence-corrected chi connectivity index (χ4v) is 1.53. The van der Waals surface area contributed by atoms with Crippen molar-refractivity contribution in [2.75, 3.05) is 20.3 Å². The largest absolute Gasteiger partial charge is 0.383 e. The topological polar surface area (TPSA) is 21.3 Å². The monoisotopic (exact) mass is 207 g/mol. The molecule has 1 aromatic carbocycles. The molecule has 84 valence electrons. The first-order chi connectivity index (χ1) is 7.22. The van der Waals surface area contributed by atoms with Gasteiger partial charge < -0.3 is 10.1 Å². The smallest absolute Gasteiger partial charge is 0.0613 e. The van der Waals surface area contributed by atoms with Crippen LogP contribution in [0.2, 0.25) is 0 Å². The molecule has 1 atom stereocenters. The average molecular weight is 207 g/mol. The number of hydrogen-bond donors (Lipinski definition) is 1. The van der Waals surface area contributed by atoms with Gasteiger partial charge in [-0.3, -0.25) is 0 Å². The predicted molar refractivity (Wildman–Crippen MR) is 64.2 cm³/mol. The standard InChI is InChI=1S/C13H21NO/c1-11-4-6-13(7-5-11)8-9-14-12(2)10-15-3/h4-7,12,14H,8-10H2,1-3H3. The molecule has 1 aromatic rings. The number of benzene rings is 1. The molecule has 0 aliphatic heterocycles. The van der Waals surface area contributed by atoms with Gasteiger partial charge in [-0.25, -0.2) is 0 Å². The number of hydrogen-bond acceptors (Lipinski definition) is 2. The second-order valence-electron chi connectivity index (χ2n) is 4.05. The summed E-state index contributed by atoms with van der Waals surface area (Å²) in [5.74, 6) is 0. The van der Waals surface area contributed by atoms with E-state index in [9.17, 15) is 0 Å². The highest BCUT2D eigenvalue weighted by molar-refractivity contribution is 5.21. The van der Waals surface area contributed by atoms with E-state index in [1.165, 1.54) is 11.1 Å². The molecule has 0 heterocycles. The van der Waals surface area contributed by atoms with Crippen LogP contribution < -0.4 is 5.32 Å². The van der Waals surface area contributed by atoms with Crippen LogP contribution in [0.1, 0.15) is 18.1 Å². The van der Waals surface area contributed by atoms with Crippen molar-refractivity contribution in [3.63, 3.8) is 0 Å². The Hall–Kier alpha value is -0.860. The lowest BCUT2D eigenvalue weighted by molar-refractivity contribution is 0.172. The van der Waals surface area contributed by atoms with Crippen LogP contribution in [0.4, 0.5) is 0 Å². The summed E-state index contributed by atoms with van der Waals surface area (Å²) in [4.78, 5) is 0. The number of methoxy groups -OCH3 is 1. The van der Waals surface area contributed by atoms with E-state index in [0.29, 0.717) is 6.04 Å². The van der Waals surface area contributed by atoms with Crippen LogP contribution in [0.25, 0.3) is 0 Å². The van der Waals surface area contributed by atoms with Gasteiger partial charge in [0.2, 0.25) is 0 Å². The Morgan fingerprint density at radius 3 is 2.53 bits per heavy atom. The summed E-state index contributed by atoms with van der Waals surface area (Å²) >= 11 is 0. The molecule has 2 heteroatoms. The van der Waals surface area contributed by atoms with Crippen LogP contribution in [0.3, 0.4) is 0 Å². The normalized spacial score (nSPS) is 12.7. The Bertz CT molecular complexity index is 268. The van der Waals surface area contributed by atoms with Crippen LogP contribution in [0.5, 0.6) is 0 Å². The fourth-order valence-electron chi connectivity index (χ4n) is 1.53. The van der Waals surface area contributed by atoms with E-state index in [1.54, 1.807) is 7.11 Å². The molecule has 1 rings (SSSR count). The Balaban J connectivity index is 2.22. The Labute approximate surface area is 92.6 Å². The molecular formula is C13H21NO. The summed E-state index contributed by atoms with van der Waals surface area (Å²) in [7, 11) is 1.73. The first-order valence-corrected chi connectivity index (χ1v) is 5.50. The van der Waals surface area contributed by atoms with Crippen molar-refractivity contribution in [1.82, 2.24) is 5.32 Å². The van der Waals surface area contributed by atoms with E-state index in [4.69, 9.17) is 4.74 Å². The van der Waals surface area contributed by atoms with Gasteiger partial charge in [0.1, 0.15) is 0 Å². The van der Waals surface area contributed by atoms with Crippen molar-refractivity contribution in [1.29, 1.82) is 0 Å². The highest BCUT2D eigenvalue weighted by Crippen LogP contribution is 2.03. The third-order valence-electron chi connectivity index (χ3n) is 2.44. The summed E-state index contributed by atoms with van der Waals surface area (Å²) in [6, 6.07) is 9.14. The summed E-state index contributed by atoms with van der Waals surface area (Å²) in [5.41, 5.74) is 2.71. The van der Waals surface area contributed by atoms with Gasteiger partial charge in [0.15, 0.2) is 0 Å². The maximum atomic E-state index is 5.06. The SMILES string of the molecule is COCC(C)NCCc1ccc(C)cc1. The van der Waals surface area contributed by atoms with Gasteiger partial charge in [-0.15, -0.1) is 0 Å². The zero-order chi connectivity index (χ0) is 11.1. The first-order valence-electron chi connectivity index (χ1n) is 5.50. The molecule has 1 N–H and O–H groups in total. The minimum atomic E-state index is 0.431. The van der Waals surface area contributed by atoms with Crippen LogP contribution in [0, 0.1) is 6.92 Å². The van der Waals surface area contributed by atoms with Crippen LogP contribution in [0.15, 0.2) is 24.3 Å². The van der Waals surface area contributed by atoms with Crippen molar-refractivity contribution in [3.8, 4) is 0 Å². The molecule has 0 aromatic heterocycles. The summed E-state index contributed by atoms with van der Waals surface area (Å²) in [6.07, 6.45) is 1.08. The molecule has 1 unspecified atom stereocenters. The van der Waals surface area contributed by atoms with Crippen molar-refractivity contribution in [3.05, 3.63) is 35.4 Å². The molecular weight excluding hydrogens is 186 g/mol. The maximum Gasteiger partial charge on any atom is 0.0613 e. The minimum absolute atomic E-state index is 0.431. The fraction of sp³-hybridized carbons (Fsp3) is 0.538. The zero-order valence-corrected chi connectivity index (χ0v) is 9.92. The molecule has 0 radical (unpaired) electrons. The molecule has 0 aliphatic carbocycles. The molecule has 0 aliphatic rings. The van der Waals surface area contributed by atoms with Gasteiger partial charge in [0, 0.05) is 13.2 Å². The van der Waals surface area contributed by atoms with Gasteiger partial charge in [-0.1, -0.05) is 29.8 Å². The van der Waals surface area contributed by atoms with E-state index in [0.717, 1.165) is 19.6 Å². The lowest BCUT2D eigenvalue weighted by Crippen LogP contribution is -2.31. The third kappa shape index (κ3) is 4.96. The van der Waals surface area contributed by atoms with Crippen LogP contribution in [-0.2, 0) is 11.2 Å². The number of ether oxygens (including phenoxy) is 1. The van der Waals surface area contributed by atoms with Gasteiger partial charge >= 0.3 is 0 Å². The molecule has 0 amide bonds. The van der Waals surface area contributed by atoms with Gasteiger partial charge in [-0.2, -0.15) is 0 Å². The van der Waals surface area contributed by atoms with Gasteiger partial charge in [-0.05, 0) is 32.4 Å². The highest BCUT2D eigenvalue weighted by Gasteiger charge is 1.99. The highest BCUT2D eigenvalue weighted by atomic mass is 16.5. The third-order valence-corrected chi connectivity index (χ3v) is 2.44. The second kappa shape index (κ2) is 6.59. The van der Waals surface area contributed by atoms with Crippen LogP contribution in [-0.4, -0.2) is 26.3 Å². The maximum absolute atomic E-state index is 5.06. The summed E-state index contributed by atoms with van der Waals surface area (Å²) in [6.45, 7) is 6.03. The summed E-state index contributed by atoms with van der Waals surface area (Å²) in [5, 5.41) is 3.42. The average Bonchev–Trinajstić information content (AvgIpc) is 2.21. The molecule has 2 nitrogen and oxygen atoms in total. The number of nitrogens with one attached hydrogen (secondary N) is 1. The van der Waals surface area contributed by atoms with Crippen molar-refractivity contribution in [2.24, 2.45) is 0 Å². The molecule has 0 saturated carbocycles. The molecule has 15 heavy (non-hydrogen) atoms. The lowest BCUT2D eigenvalue weighted by Gasteiger charge is -2.12. The number of aryl methyl sites for hydroxylation is 1. The van der Waals surface area contributed by atoms with Crippen LogP contribution >= 0.6 is 0 Å². The van der Waals surface area contributed by atoms with Crippen molar-refractivity contribution >= 4 is 0 Å². The summed E-state index contributed by atoms with van der Waals surface area (Å²) < 4.78 is 5.06. The molecule has 0 spiro atoms. The molecule has 0 saturated heterocycles. The van der Waals surface area contributed by atoms with Gasteiger partial charge in [0.25, 0.3) is 0 Å². The molecule has 0 bridgehead atoms.